The first-order valence-electron chi connectivity index (χ1n) is 6.05. The summed E-state index contributed by atoms with van der Waals surface area (Å²) in [6.45, 7) is 3.25. The molecule has 2 rings (SSSR count). The van der Waals surface area contributed by atoms with Gasteiger partial charge in [0.05, 0.1) is 16.6 Å². The molecule has 0 saturated carbocycles. The summed E-state index contributed by atoms with van der Waals surface area (Å²) in [6, 6.07) is 7.89. The highest BCUT2D eigenvalue weighted by molar-refractivity contribution is 5.49. The summed E-state index contributed by atoms with van der Waals surface area (Å²) in [4.78, 5) is 14.4. The van der Waals surface area contributed by atoms with Gasteiger partial charge in [-0.2, -0.15) is 0 Å². The first-order valence-corrected chi connectivity index (χ1v) is 6.05. The summed E-state index contributed by atoms with van der Waals surface area (Å²) in [5.74, 6) is 0.654. The first-order chi connectivity index (χ1) is 9.49. The minimum atomic E-state index is -0.633. The lowest BCUT2D eigenvalue weighted by Gasteiger charge is -2.10. The van der Waals surface area contributed by atoms with Gasteiger partial charge in [0.1, 0.15) is 5.75 Å². The van der Waals surface area contributed by atoms with Crippen molar-refractivity contribution in [2.75, 3.05) is 0 Å². The Bertz CT molecular complexity index is 641. The van der Waals surface area contributed by atoms with E-state index in [2.05, 4.69) is 4.98 Å². The van der Waals surface area contributed by atoms with E-state index in [0.717, 1.165) is 0 Å². The van der Waals surface area contributed by atoms with E-state index in [1.54, 1.807) is 38.1 Å². The second kappa shape index (κ2) is 5.66. The number of pyridine rings is 1. The molecule has 6 nitrogen and oxygen atoms in total. The van der Waals surface area contributed by atoms with Crippen molar-refractivity contribution >= 4 is 5.69 Å². The van der Waals surface area contributed by atoms with Crippen LogP contribution in [0.3, 0.4) is 0 Å². The SMILES string of the molecule is Cc1c(Oc2cc(C(C)O)ccn2)cccc1[N+](=O)[O-]. The molecule has 0 aliphatic heterocycles. The van der Waals surface area contributed by atoms with Crippen LogP contribution in [0, 0.1) is 17.0 Å². The summed E-state index contributed by atoms with van der Waals surface area (Å²) in [7, 11) is 0. The minimum absolute atomic E-state index is 0.00539. The summed E-state index contributed by atoms with van der Waals surface area (Å²) < 4.78 is 5.56. The first kappa shape index (κ1) is 14.0. The Morgan fingerprint density at radius 3 is 2.80 bits per heavy atom. The topological polar surface area (TPSA) is 85.5 Å². The number of benzene rings is 1. The van der Waals surface area contributed by atoms with E-state index in [1.165, 1.54) is 12.3 Å². The van der Waals surface area contributed by atoms with Gasteiger partial charge in [-0.05, 0) is 31.5 Å². The highest BCUT2D eigenvalue weighted by atomic mass is 16.6. The monoisotopic (exact) mass is 274 g/mol. The van der Waals surface area contributed by atoms with Crippen LogP contribution < -0.4 is 4.74 Å². The largest absolute Gasteiger partial charge is 0.438 e. The molecule has 0 aliphatic carbocycles. The van der Waals surface area contributed by atoms with Crippen LogP contribution in [0.4, 0.5) is 5.69 Å². The van der Waals surface area contributed by atoms with Crippen molar-refractivity contribution in [3.8, 4) is 11.6 Å². The lowest BCUT2D eigenvalue weighted by molar-refractivity contribution is -0.385. The second-order valence-corrected chi connectivity index (χ2v) is 4.36. The van der Waals surface area contributed by atoms with Gasteiger partial charge in [-0.15, -0.1) is 0 Å². The van der Waals surface area contributed by atoms with Crippen LogP contribution in [0.15, 0.2) is 36.5 Å². The molecular weight excluding hydrogens is 260 g/mol. The Kier molecular flexibility index (Phi) is 3.95. The Balaban J connectivity index is 2.33. The van der Waals surface area contributed by atoms with Gasteiger partial charge in [0.25, 0.3) is 5.69 Å². The molecule has 104 valence electrons. The van der Waals surface area contributed by atoms with Gasteiger partial charge in [0.2, 0.25) is 5.88 Å². The molecule has 0 radical (unpaired) electrons. The summed E-state index contributed by atoms with van der Waals surface area (Å²) in [5, 5.41) is 20.4. The Morgan fingerprint density at radius 2 is 2.15 bits per heavy atom. The van der Waals surface area contributed by atoms with Crippen molar-refractivity contribution in [3.63, 3.8) is 0 Å². The third-order valence-electron chi connectivity index (χ3n) is 2.91. The number of aliphatic hydroxyl groups is 1. The van der Waals surface area contributed by atoms with Crippen LogP contribution in [0.25, 0.3) is 0 Å². The molecule has 1 N–H and O–H groups in total. The molecule has 1 heterocycles. The zero-order valence-electron chi connectivity index (χ0n) is 11.1. The summed E-state index contributed by atoms with van der Waals surface area (Å²) in [5.41, 5.74) is 1.09. The third-order valence-corrected chi connectivity index (χ3v) is 2.91. The molecule has 0 aliphatic rings. The molecule has 0 saturated heterocycles. The second-order valence-electron chi connectivity index (χ2n) is 4.36. The van der Waals surface area contributed by atoms with Crippen LogP contribution in [-0.2, 0) is 0 Å². The van der Waals surface area contributed by atoms with Crippen LogP contribution in [0.5, 0.6) is 11.6 Å². The predicted molar refractivity (Wildman–Crippen MR) is 72.8 cm³/mol. The number of rotatable bonds is 4. The molecule has 0 fully saturated rings. The smallest absolute Gasteiger partial charge is 0.276 e. The fraction of sp³-hybridized carbons (Fsp3) is 0.214. The van der Waals surface area contributed by atoms with E-state index < -0.39 is 11.0 Å². The van der Waals surface area contributed by atoms with Gasteiger partial charge in [0, 0.05) is 18.3 Å². The van der Waals surface area contributed by atoms with Crippen molar-refractivity contribution in [3.05, 3.63) is 57.8 Å². The molecule has 2 aromatic rings. The molecular formula is C14H14N2O4. The van der Waals surface area contributed by atoms with E-state index in [1.807, 2.05) is 0 Å². The van der Waals surface area contributed by atoms with Crippen molar-refractivity contribution < 1.29 is 14.8 Å². The maximum Gasteiger partial charge on any atom is 0.276 e. The quantitative estimate of drug-likeness (QED) is 0.683. The van der Waals surface area contributed by atoms with Gasteiger partial charge < -0.3 is 9.84 Å². The normalized spacial score (nSPS) is 11.9. The van der Waals surface area contributed by atoms with Crippen LogP contribution >= 0.6 is 0 Å². The zero-order valence-corrected chi connectivity index (χ0v) is 11.1. The zero-order chi connectivity index (χ0) is 14.7. The molecule has 1 aromatic carbocycles. The fourth-order valence-corrected chi connectivity index (χ4v) is 1.76. The predicted octanol–water partition coefficient (Wildman–Crippen LogP) is 3.14. The van der Waals surface area contributed by atoms with Crippen LogP contribution in [-0.4, -0.2) is 15.0 Å². The lowest BCUT2D eigenvalue weighted by Crippen LogP contribution is -1.97. The third kappa shape index (κ3) is 2.92. The number of nitro groups is 1. The summed E-state index contributed by atoms with van der Waals surface area (Å²) in [6.07, 6.45) is 0.885. The van der Waals surface area contributed by atoms with E-state index in [4.69, 9.17) is 4.74 Å². The molecule has 1 aromatic heterocycles. The molecule has 0 bridgehead atoms. The summed E-state index contributed by atoms with van der Waals surface area (Å²) >= 11 is 0. The highest BCUT2D eigenvalue weighted by Crippen LogP contribution is 2.30. The van der Waals surface area contributed by atoms with Crippen molar-refractivity contribution in [2.45, 2.75) is 20.0 Å². The Morgan fingerprint density at radius 1 is 1.40 bits per heavy atom. The number of aromatic nitrogens is 1. The Hall–Kier alpha value is -2.47. The average Bonchev–Trinajstić information content (AvgIpc) is 2.41. The van der Waals surface area contributed by atoms with Gasteiger partial charge in [-0.1, -0.05) is 6.07 Å². The molecule has 0 spiro atoms. The number of ether oxygens (including phenoxy) is 1. The van der Waals surface area contributed by atoms with Gasteiger partial charge in [-0.3, -0.25) is 10.1 Å². The molecule has 20 heavy (non-hydrogen) atoms. The maximum atomic E-state index is 10.9. The molecule has 0 amide bonds. The minimum Gasteiger partial charge on any atom is -0.438 e. The van der Waals surface area contributed by atoms with Gasteiger partial charge in [0.15, 0.2) is 0 Å². The van der Waals surface area contributed by atoms with Crippen LogP contribution in [0.1, 0.15) is 24.2 Å². The van der Waals surface area contributed by atoms with E-state index >= 15 is 0 Å². The van der Waals surface area contributed by atoms with E-state index in [9.17, 15) is 15.2 Å². The van der Waals surface area contributed by atoms with E-state index in [0.29, 0.717) is 16.9 Å². The lowest BCUT2D eigenvalue weighted by atomic mass is 10.1. The fourth-order valence-electron chi connectivity index (χ4n) is 1.76. The number of hydrogen-bond donors (Lipinski definition) is 1. The molecule has 6 heteroatoms. The average molecular weight is 274 g/mol. The number of nitro benzene ring substituents is 1. The Labute approximate surface area is 115 Å². The van der Waals surface area contributed by atoms with Crippen molar-refractivity contribution in [1.82, 2.24) is 4.98 Å². The van der Waals surface area contributed by atoms with Crippen molar-refractivity contribution in [2.24, 2.45) is 0 Å². The van der Waals surface area contributed by atoms with Crippen LogP contribution in [0.2, 0.25) is 0 Å². The van der Waals surface area contributed by atoms with Gasteiger partial charge in [-0.25, -0.2) is 4.98 Å². The van der Waals surface area contributed by atoms with E-state index in [-0.39, 0.29) is 11.6 Å². The molecule has 1 atom stereocenters. The number of nitrogens with zero attached hydrogens (tertiary/aromatic N) is 2. The number of hydrogen-bond acceptors (Lipinski definition) is 5. The van der Waals surface area contributed by atoms with Crippen molar-refractivity contribution in [1.29, 1.82) is 0 Å². The standard InChI is InChI=1S/C14H14N2O4/c1-9-12(16(18)19)4-3-5-13(9)20-14-8-11(10(2)17)6-7-15-14/h3-8,10,17H,1-2H3. The van der Waals surface area contributed by atoms with Gasteiger partial charge >= 0.3 is 0 Å². The highest BCUT2D eigenvalue weighted by Gasteiger charge is 2.15. The molecule has 1 unspecified atom stereocenters. The number of aliphatic hydroxyl groups excluding tert-OH is 1. The maximum absolute atomic E-state index is 10.9.